The summed E-state index contributed by atoms with van der Waals surface area (Å²) in [6.45, 7) is 0. The van der Waals surface area contributed by atoms with Crippen LogP contribution in [0.3, 0.4) is 0 Å². The maximum absolute atomic E-state index is 11.8. The first-order valence-electron chi connectivity index (χ1n) is 6.04. The van der Waals surface area contributed by atoms with E-state index in [-0.39, 0.29) is 0 Å². The first-order chi connectivity index (χ1) is 10.1. The van der Waals surface area contributed by atoms with Crippen LogP contribution in [0.2, 0.25) is 5.02 Å². The van der Waals surface area contributed by atoms with Crippen LogP contribution in [0.5, 0.6) is 5.75 Å². The third-order valence-electron chi connectivity index (χ3n) is 2.68. The molecule has 0 unspecified atom stereocenters. The molecule has 2 rings (SSSR count). The SMILES string of the molecule is COc1ccc(NC(=O)Nc2ccc(C#N)cc2)cc1Cl. The van der Waals surface area contributed by atoms with Gasteiger partial charge in [-0.05, 0) is 42.5 Å². The molecule has 0 saturated carbocycles. The van der Waals surface area contributed by atoms with Crippen molar-refractivity contribution in [1.82, 2.24) is 0 Å². The highest BCUT2D eigenvalue weighted by atomic mass is 35.5. The van der Waals surface area contributed by atoms with Crippen molar-refractivity contribution in [3.05, 3.63) is 53.1 Å². The van der Waals surface area contributed by atoms with Crippen LogP contribution in [0.15, 0.2) is 42.5 Å². The second-order valence-corrected chi connectivity index (χ2v) is 4.52. The molecule has 0 heterocycles. The highest BCUT2D eigenvalue weighted by Crippen LogP contribution is 2.27. The number of halogens is 1. The summed E-state index contributed by atoms with van der Waals surface area (Å²) >= 11 is 5.98. The van der Waals surface area contributed by atoms with E-state index in [4.69, 9.17) is 21.6 Å². The Morgan fingerprint density at radius 3 is 2.33 bits per heavy atom. The topological polar surface area (TPSA) is 74.2 Å². The Hall–Kier alpha value is -2.71. The Morgan fingerprint density at radius 2 is 1.76 bits per heavy atom. The summed E-state index contributed by atoms with van der Waals surface area (Å²) in [5, 5.41) is 14.4. The van der Waals surface area contributed by atoms with Crippen molar-refractivity contribution in [2.45, 2.75) is 0 Å². The second kappa shape index (κ2) is 6.64. The molecule has 0 fully saturated rings. The number of methoxy groups -OCH3 is 1. The molecular weight excluding hydrogens is 290 g/mol. The summed E-state index contributed by atoms with van der Waals surface area (Å²) in [6, 6.07) is 13.1. The monoisotopic (exact) mass is 301 g/mol. The molecule has 5 nitrogen and oxygen atoms in total. The van der Waals surface area contributed by atoms with Gasteiger partial charge in [0.05, 0.1) is 23.8 Å². The van der Waals surface area contributed by atoms with Crippen molar-refractivity contribution >= 4 is 29.0 Å². The number of nitrogens with one attached hydrogen (secondary N) is 2. The third-order valence-corrected chi connectivity index (χ3v) is 2.98. The fraction of sp³-hybridized carbons (Fsp3) is 0.0667. The summed E-state index contributed by atoms with van der Waals surface area (Å²) in [5.41, 5.74) is 1.67. The smallest absolute Gasteiger partial charge is 0.323 e. The van der Waals surface area contributed by atoms with Gasteiger partial charge in [0.15, 0.2) is 0 Å². The minimum absolute atomic E-state index is 0.402. The predicted octanol–water partition coefficient (Wildman–Crippen LogP) is 3.86. The molecule has 0 bridgehead atoms. The molecule has 0 aliphatic carbocycles. The fourth-order valence-electron chi connectivity index (χ4n) is 1.67. The molecule has 6 heteroatoms. The van der Waals surface area contributed by atoms with Gasteiger partial charge in [-0.2, -0.15) is 5.26 Å². The van der Waals surface area contributed by atoms with Gasteiger partial charge in [-0.15, -0.1) is 0 Å². The largest absolute Gasteiger partial charge is 0.495 e. The van der Waals surface area contributed by atoms with Gasteiger partial charge in [0.25, 0.3) is 0 Å². The number of rotatable bonds is 3. The number of urea groups is 1. The molecule has 0 aliphatic rings. The standard InChI is InChI=1S/C15H12ClN3O2/c1-21-14-7-6-12(8-13(14)16)19-15(20)18-11-4-2-10(9-17)3-5-11/h2-8H,1H3,(H2,18,19,20). The van der Waals surface area contributed by atoms with E-state index < -0.39 is 6.03 Å². The lowest BCUT2D eigenvalue weighted by Crippen LogP contribution is -2.19. The summed E-state index contributed by atoms with van der Waals surface area (Å²) in [6.07, 6.45) is 0. The minimum atomic E-state index is -0.402. The van der Waals surface area contributed by atoms with E-state index in [1.807, 2.05) is 6.07 Å². The van der Waals surface area contributed by atoms with Crippen molar-refractivity contribution in [2.75, 3.05) is 17.7 Å². The lowest BCUT2D eigenvalue weighted by Gasteiger charge is -2.09. The zero-order chi connectivity index (χ0) is 15.2. The Labute approximate surface area is 127 Å². The Morgan fingerprint density at radius 1 is 1.14 bits per heavy atom. The molecule has 0 spiro atoms. The lowest BCUT2D eigenvalue weighted by molar-refractivity contribution is 0.262. The van der Waals surface area contributed by atoms with Crippen LogP contribution in [0.4, 0.5) is 16.2 Å². The number of benzene rings is 2. The molecule has 0 atom stereocenters. The fourth-order valence-corrected chi connectivity index (χ4v) is 1.92. The van der Waals surface area contributed by atoms with E-state index in [0.29, 0.717) is 27.7 Å². The highest BCUT2D eigenvalue weighted by Gasteiger charge is 2.06. The Kier molecular flexibility index (Phi) is 4.64. The maximum Gasteiger partial charge on any atom is 0.323 e. The van der Waals surface area contributed by atoms with Crippen molar-refractivity contribution in [3.63, 3.8) is 0 Å². The summed E-state index contributed by atoms with van der Waals surface area (Å²) in [7, 11) is 1.52. The zero-order valence-electron chi connectivity index (χ0n) is 11.2. The molecular formula is C15H12ClN3O2. The van der Waals surface area contributed by atoms with Crippen LogP contribution in [-0.4, -0.2) is 13.1 Å². The van der Waals surface area contributed by atoms with Gasteiger partial charge in [0.1, 0.15) is 5.75 Å². The molecule has 0 saturated heterocycles. The molecule has 2 amide bonds. The maximum atomic E-state index is 11.8. The molecule has 0 aliphatic heterocycles. The van der Waals surface area contributed by atoms with Crippen LogP contribution in [-0.2, 0) is 0 Å². The number of hydrogen-bond acceptors (Lipinski definition) is 3. The number of hydrogen-bond donors (Lipinski definition) is 2. The van der Waals surface area contributed by atoms with Crippen LogP contribution in [0, 0.1) is 11.3 Å². The van der Waals surface area contributed by atoms with E-state index >= 15 is 0 Å². The van der Waals surface area contributed by atoms with E-state index in [2.05, 4.69) is 10.6 Å². The van der Waals surface area contributed by atoms with Gasteiger partial charge in [0.2, 0.25) is 0 Å². The number of nitriles is 1. The molecule has 2 aromatic rings. The van der Waals surface area contributed by atoms with E-state index in [0.717, 1.165) is 0 Å². The van der Waals surface area contributed by atoms with Gasteiger partial charge in [-0.25, -0.2) is 4.79 Å². The van der Waals surface area contributed by atoms with Gasteiger partial charge >= 0.3 is 6.03 Å². The third kappa shape index (κ3) is 3.88. The average Bonchev–Trinajstić information content (AvgIpc) is 2.48. The number of nitrogens with zero attached hydrogens (tertiary/aromatic N) is 1. The van der Waals surface area contributed by atoms with Crippen LogP contribution in [0.1, 0.15) is 5.56 Å². The van der Waals surface area contributed by atoms with Crippen LogP contribution < -0.4 is 15.4 Å². The van der Waals surface area contributed by atoms with Crippen molar-refractivity contribution in [1.29, 1.82) is 5.26 Å². The molecule has 21 heavy (non-hydrogen) atoms. The first-order valence-corrected chi connectivity index (χ1v) is 6.42. The van der Waals surface area contributed by atoms with Gasteiger partial charge < -0.3 is 15.4 Å². The van der Waals surface area contributed by atoms with Crippen molar-refractivity contribution < 1.29 is 9.53 Å². The molecule has 2 aromatic carbocycles. The normalized spacial score (nSPS) is 9.57. The van der Waals surface area contributed by atoms with E-state index in [1.54, 1.807) is 42.5 Å². The van der Waals surface area contributed by atoms with Crippen LogP contribution in [0.25, 0.3) is 0 Å². The minimum Gasteiger partial charge on any atom is -0.495 e. The predicted molar refractivity (Wildman–Crippen MR) is 81.8 cm³/mol. The van der Waals surface area contributed by atoms with E-state index in [1.165, 1.54) is 7.11 Å². The van der Waals surface area contributed by atoms with Gasteiger partial charge in [-0.1, -0.05) is 11.6 Å². The quantitative estimate of drug-likeness (QED) is 0.904. The molecule has 0 radical (unpaired) electrons. The van der Waals surface area contributed by atoms with Gasteiger partial charge in [-0.3, -0.25) is 0 Å². The van der Waals surface area contributed by atoms with Crippen molar-refractivity contribution in [2.24, 2.45) is 0 Å². The summed E-state index contributed by atoms with van der Waals surface area (Å²) in [5.74, 6) is 0.537. The summed E-state index contributed by atoms with van der Waals surface area (Å²) < 4.78 is 5.04. The zero-order valence-corrected chi connectivity index (χ0v) is 11.9. The number of anilines is 2. The Balaban J connectivity index is 2.01. The molecule has 0 aromatic heterocycles. The molecule has 2 N–H and O–H groups in total. The molecule has 106 valence electrons. The first kappa shape index (κ1) is 14.7. The number of carbonyl (C=O) groups is 1. The van der Waals surface area contributed by atoms with E-state index in [9.17, 15) is 4.79 Å². The Bertz CT molecular complexity index is 693. The number of carbonyl (C=O) groups excluding carboxylic acids is 1. The second-order valence-electron chi connectivity index (χ2n) is 4.12. The number of amides is 2. The lowest BCUT2D eigenvalue weighted by atomic mass is 10.2. The van der Waals surface area contributed by atoms with Gasteiger partial charge in [0, 0.05) is 11.4 Å². The number of ether oxygens (including phenoxy) is 1. The van der Waals surface area contributed by atoms with Crippen LogP contribution >= 0.6 is 11.6 Å². The average molecular weight is 302 g/mol. The van der Waals surface area contributed by atoms with Crippen molar-refractivity contribution in [3.8, 4) is 11.8 Å². The summed E-state index contributed by atoms with van der Waals surface area (Å²) in [4.78, 5) is 11.8. The highest BCUT2D eigenvalue weighted by molar-refractivity contribution is 6.32.